The van der Waals surface area contributed by atoms with Gasteiger partial charge in [-0.25, -0.2) is 0 Å². The van der Waals surface area contributed by atoms with Crippen molar-refractivity contribution in [2.45, 2.75) is 19.3 Å². The predicted octanol–water partition coefficient (Wildman–Crippen LogP) is 0.862. The first-order chi connectivity index (χ1) is 5.57. The van der Waals surface area contributed by atoms with Crippen LogP contribution >= 0.6 is 0 Å². The molecule has 0 aromatic carbocycles. The minimum absolute atomic E-state index is 0. The molecular weight excluding hydrogens is 211 g/mol. The third-order valence-corrected chi connectivity index (χ3v) is 1.48. The van der Waals surface area contributed by atoms with E-state index in [1.807, 2.05) is 0 Å². The van der Waals surface area contributed by atoms with Crippen LogP contribution in [-0.4, -0.2) is 24.2 Å². The van der Waals surface area contributed by atoms with Gasteiger partial charge in [-0.3, -0.25) is 9.59 Å². The van der Waals surface area contributed by atoms with Crippen LogP contribution in [-0.2, 0) is 32.9 Å². The van der Waals surface area contributed by atoms with E-state index in [-0.39, 0.29) is 30.9 Å². The van der Waals surface area contributed by atoms with Crippen LogP contribution in [0.25, 0.3) is 0 Å². The van der Waals surface area contributed by atoms with Crippen LogP contribution in [0.3, 0.4) is 0 Å². The third-order valence-electron chi connectivity index (χ3n) is 1.48. The van der Waals surface area contributed by atoms with Crippen molar-refractivity contribution in [3.63, 3.8) is 0 Å². The Bertz CT molecular complexity index is 170. The van der Waals surface area contributed by atoms with Gasteiger partial charge in [-0.2, -0.15) is 0 Å². The van der Waals surface area contributed by atoms with Gasteiger partial charge in [0.15, 0.2) is 0 Å². The Morgan fingerprint density at radius 2 is 2.08 bits per heavy atom. The minimum atomic E-state index is -0.855. The smallest absolute Gasteiger partial charge is 0.303 e. The monoisotopic (exact) mass is 224 g/mol. The summed E-state index contributed by atoms with van der Waals surface area (Å²) >= 11 is 0. The molecule has 0 saturated carbocycles. The van der Waals surface area contributed by atoms with Gasteiger partial charge in [0.05, 0.1) is 7.11 Å². The summed E-state index contributed by atoms with van der Waals surface area (Å²) in [5.41, 5.74) is 0. The van der Waals surface area contributed by atoms with Crippen molar-refractivity contribution in [1.29, 1.82) is 0 Å². The molecular formula is C8H13O4V-. The summed E-state index contributed by atoms with van der Waals surface area (Å²) in [4.78, 5) is 20.8. The molecule has 0 aromatic heterocycles. The summed E-state index contributed by atoms with van der Waals surface area (Å²) in [6.07, 6.45) is 0.987. The van der Waals surface area contributed by atoms with E-state index in [0.29, 0.717) is 12.8 Å². The Morgan fingerprint density at radius 1 is 1.54 bits per heavy atom. The van der Waals surface area contributed by atoms with E-state index in [1.165, 1.54) is 7.11 Å². The average molecular weight is 224 g/mol. The van der Waals surface area contributed by atoms with Crippen molar-refractivity contribution in [3.8, 4) is 0 Å². The third kappa shape index (κ3) is 7.87. The quantitative estimate of drug-likeness (QED) is 0.555. The molecule has 1 radical (unpaired) electrons. The van der Waals surface area contributed by atoms with E-state index in [4.69, 9.17) is 5.11 Å². The Hall–Kier alpha value is -0.476. The molecule has 1 N–H and O–H groups in total. The molecule has 0 amide bonds. The molecule has 75 valence electrons. The first-order valence-corrected chi connectivity index (χ1v) is 3.70. The Kier molecular flexibility index (Phi) is 9.40. The summed E-state index contributed by atoms with van der Waals surface area (Å²) in [6, 6.07) is 0. The van der Waals surface area contributed by atoms with Crippen LogP contribution in [0.4, 0.5) is 0 Å². The fourth-order valence-electron chi connectivity index (χ4n) is 0.784. The Morgan fingerprint density at radius 3 is 2.46 bits per heavy atom. The molecule has 4 nitrogen and oxygen atoms in total. The topological polar surface area (TPSA) is 63.6 Å². The van der Waals surface area contributed by atoms with Gasteiger partial charge in [-0.05, 0) is 6.42 Å². The molecule has 0 fully saturated rings. The Balaban J connectivity index is 0. The molecule has 0 aromatic rings. The number of carbonyl (C=O) groups is 2. The van der Waals surface area contributed by atoms with E-state index in [1.54, 1.807) is 0 Å². The average Bonchev–Trinajstić information content (AvgIpc) is 2.02. The van der Waals surface area contributed by atoms with Crippen LogP contribution in [0.2, 0.25) is 0 Å². The Labute approximate surface area is 89.5 Å². The molecule has 1 unspecified atom stereocenters. The standard InChI is InChI=1S/C8H13O4.V/c1-6(8(11)12-2)4-3-5-7(9)10;/h6H,1,3-5H2,2H3,(H,9,10);/q-1;. The number of esters is 1. The number of carboxylic acids is 1. The number of hydrogen-bond acceptors (Lipinski definition) is 3. The molecule has 0 rings (SSSR count). The van der Waals surface area contributed by atoms with Gasteiger partial charge in [-0.15, -0.1) is 0 Å². The fourth-order valence-corrected chi connectivity index (χ4v) is 0.784. The predicted molar refractivity (Wildman–Crippen MR) is 42.3 cm³/mol. The van der Waals surface area contributed by atoms with Crippen molar-refractivity contribution in [2.24, 2.45) is 5.92 Å². The number of rotatable bonds is 5. The van der Waals surface area contributed by atoms with Gasteiger partial charge in [-0.1, -0.05) is 12.3 Å². The number of ether oxygens (including phenoxy) is 1. The maximum absolute atomic E-state index is 10.8. The van der Waals surface area contributed by atoms with E-state index in [2.05, 4.69) is 11.7 Å². The molecule has 0 aliphatic rings. The first-order valence-electron chi connectivity index (χ1n) is 3.70. The zero-order valence-electron chi connectivity index (χ0n) is 7.52. The van der Waals surface area contributed by atoms with E-state index in [9.17, 15) is 9.59 Å². The summed E-state index contributed by atoms with van der Waals surface area (Å²) in [7, 11) is 1.29. The van der Waals surface area contributed by atoms with Crippen LogP contribution in [0.15, 0.2) is 0 Å². The summed E-state index contributed by atoms with van der Waals surface area (Å²) in [6.45, 7) is 3.54. The second-order valence-corrected chi connectivity index (χ2v) is 2.51. The van der Waals surface area contributed by atoms with Gasteiger partial charge < -0.3 is 16.8 Å². The number of aliphatic carboxylic acids is 1. The number of carbonyl (C=O) groups excluding carboxylic acids is 1. The van der Waals surface area contributed by atoms with Crippen LogP contribution < -0.4 is 0 Å². The molecule has 0 aliphatic carbocycles. The number of hydrogen-bond donors (Lipinski definition) is 1. The van der Waals surface area contributed by atoms with Gasteiger partial charge >= 0.3 is 5.97 Å². The molecule has 0 heterocycles. The molecule has 0 saturated heterocycles. The van der Waals surface area contributed by atoms with Gasteiger partial charge in [0.2, 0.25) is 0 Å². The first kappa shape index (κ1) is 15.0. The summed E-state index contributed by atoms with van der Waals surface area (Å²) in [5, 5.41) is 8.29. The SMILES string of the molecule is [CH2-]C(CCCC(=O)O)C(=O)OC.[V]. The van der Waals surface area contributed by atoms with Crippen molar-refractivity contribution < 1.29 is 38.0 Å². The number of methoxy groups -OCH3 is 1. The summed E-state index contributed by atoms with van der Waals surface area (Å²) < 4.78 is 4.42. The van der Waals surface area contributed by atoms with Gasteiger partial charge in [0.25, 0.3) is 5.97 Å². The normalized spacial score (nSPS) is 11.2. The van der Waals surface area contributed by atoms with Gasteiger partial charge in [0.1, 0.15) is 0 Å². The van der Waals surface area contributed by atoms with Crippen LogP contribution in [0, 0.1) is 12.8 Å². The largest absolute Gasteiger partial charge is 0.481 e. The molecule has 1 atom stereocenters. The summed E-state index contributed by atoms with van der Waals surface area (Å²) in [5.74, 6) is -1.69. The van der Waals surface area contributed by atoms with E-state index in [0.717, 1.165) is 0 Å². The molecule has 0 spiro atoms. The van der Waals surface area contributed by atoms with Crippen molar-refractivity contribution >= 4 is 11.9 Å². The second kappa shape index (κ2) is 8.14. The molecule has 13 heavy (non-hydrogen) atoms. The van der Waals surface area contributed by atoms with E-state index < -0.39 is 11.9 Å². The van der Waals surface area contributed by atoms with Crippen molar-refractivity contribution in [3.05, 3.63) is 6.92 Å². The fraction of sp³-hybridized carbons (Fsp3) is 0.625. The molecule has 0 bridgehead atoms. The molecule has 0 aliphatic heterocycles. The second-order valence-electron chi connectivity index (χ2n) is 2.51. The molecule has 5 heteroatoms. The minimum Gasteiger partial charge on any atom is -0.481 e. The van der Waals surface area contributed by atoms with E-state index >= 15 is 0 Å². The zero-order chi connectivity index (χ0) is 9.56. The van der Waals surface area contributed by atoms with Crippen molar-refractivity contribution in [2.75, 3.05) is 7.11 Å². The number of carboxylic acid groups (broad SMARTS) is 1. The maximum Gasteiger partial charge on any atom is 0.303 e. The van der Waals surface area contributed by atoms with Crippen LogP contribution in [0.5, 0.6) is 0 Å². The van der Waals surface area contributed by atoms with Gasteiger partial charge in [0, 0.05) is 25.0 Å². The van der Waals surface area contributed by atoms with Crippen LogP contribution in [0.1, 0.15) is 19.3 Å². The zero-order valence-corrected chi connectivity index (χ0v) is 8.92. The van der Waals surface area contributed by atoms with Crippen molar-refractivity contribution in [1.82, 2.24) is 0 Å². The maximum atomic E-state index is 10.8.